The zero-order valence-electron chi connectivity index (χ0n) is 16.3. The van der Waals surface area contributed by atoms with Crippen LogP contribution in [0.2, 0.25) is 0 Å². The molecule has 1 aromatic rings. The monoisotopic (exact) mass is 361 g/mol. The van der Waals surface area contributed by atoms with Gasteiger partial charge in [0.2, 0.25) is 11.8 Å². The predicted molar refractivity (Wildman–Crippen MR) is 103 cm³/mol. The standard InChI is InChI=1S/C20H31N3O3/c1-5-26-17-8-6-15(7-9-17)21-18(24)14-23-12-10-16(11-13-23)22-19(25)20(2,3)4/h6-9,16H,5,10-14H2,1-4H3,(H,21,24)(H,22,25). The summed E-state index contributed by atoms with van der Waals surface area (Å²) in [4.78, 5) is 26.4. The van der Waals surface area contributed by atoms with E-state index >= 15 is 0 Å². The molecule has 0 aromatic heterocycles. The van der Waals surface area contributed by atoms with Crippen molar-refractivity contribution in [2.45, 2.75) is 46.6 Å². The maximum Gasteiger partial charge on any atom is 0.238 e. The molecule has 6 nitrogen and oxygen atoms in total. The van der Waals surface area contributed by atoms with Gasteiger partial charge < -0.3 is 15.4 Å². The molecule has 1 aliphatic rings. The summed E-state index contributed by atoms with van der Waals surface area (Å²) in [5, 5.41) is 6.03. The number of piperidine rings is 1. The van der Waals surface area contributed by atoms with E-state index in [4.69, 9.17) is 4.74 Å². The highest BCUT2D eigenvalue weighted by Crippen LogP contribution is 2.17. The Morgan fingerprint density at radius 2 is 1.77 bits per heavy atom. The Balaban J connectivity index is 1.73. The van der Waals surface area contributed by atoms with Gasteiger partial charge >= 0.3 is 0 Å². The quantitative estimate of drug-likeness (QED) is 0.817. The molecule has 0 spiro atoms. The zero-order chi connectivity index (χ0) is 19.2. The Morgan fingerprint density at radius 3 is 2.31 bits per heavy atom. The van der Waals surface area contributed by atoms with Crippen LogP contribution in [0.4, 0.5) is 5.69 Å². The van der Waals surface area contributed by atoms with Crippen LogP contribution in [0, 0.1) is 5.41 Å². The lowest BCUT2D eigenvalue weighted by atomic mass is 9.94. The maximum atomic E-state index is 12.2. The summed E-state index contributed by atoms with van der Waals surface area (Å²) >= 11 is 0. The zero-order valence-corrected chi connectivity index (χ0v) is 16.3. The second-order valence-electron chi connectivity index (χ2n) is 7.78. The fraction of sp³-hybridized carbons (Fsp3) is 0.600. The Labute approximate surface area is 156 Å². The molecule has 0 aliphatic carbocycles. The molecule has 1 heterocycles. The Hall–Kier alpha value is -2.08. The lowest BCUT2D eigenvalue weighted by Crippen LogP contribution is -2.48. The van der Waals surface area contributed by atoms with E-state index in [-0.39, 0.29) is 23.3 Å². The minimum absolute atomic E-state index is 0.0219. The van der Waals surface area contributed by atoms with Gasteiger partial charge in [-0.05, 0) is 44.0 Å². The molecular weight excluding hydrogens is 330 g/mol. The van der Waals surface area contributed by atoms with Crippen LogP contribution in [0.1, 0.15) is 40.5 Å². The molecule has 0 unspecified atom stereocenters. The fourth-order valence-electron chi connectivity index (χ4n) is 2.84. The molecule has 2 amide bonds. The van der Waals surface area contributed by atoms with Crippen LogP contribution in [-0.2, 0) is 9.59 Å². The van der Waals surface area contributed by atoms with Crippen molar-refractivity contribution in [3.63, 3.8) is 0 Å². The van der Waals surface area contributed by atoms with Crippen molar-refractivity contribution in [1.82, 2.24) is 10.2 Å². The number of nitrogens with one attached hydrogen (secondary N) is 2. The number of likely N-dealkylation sites (tertiary alicyclic amines) is 1. The summed E-state index contributed by atoms with van der Waals surface area (Å²) in [6.45, 7) is 10.3. The number of nitrogens with zero attached hydrogens (tertiary/aromatic N) is 1. The molecule has 1 aliphatic heterocycles. The number of hydrogen-bond acceptors (Lipinski definition) is 4. The number of anilines is 1. The first-order valence-corrected chi connectivity index (χ1v) is 9.34. The minimum atomic E-state index is -0.366. The van der Waals surface area contributed by atoms with Gasteiger partial charge in [0, 0.05) is 30.2 Å². The Kier molecular flexibility index (Phi) is 7.03. The minimum Gasteiger partial charge on any atom is -0.494 e. The molecule has 0 atom stereocenters. The van der Waals surface area contributed by atoms with Gasteiger partial charge in [0.25, 0.3) is 0 Å². The number of carbonyl (C=O) groups is 2. The summed E-state index contributed by atoms with van der Waals surface area (Å²) in [5.41, 5.74) is 0.403. The smallest absolute Gasteiger partial charge is 0.238 e. The molecule has 2 N–H and O–H groups in total. The van der Waals surface area contributed by atoms with Gasteiger partial charge in [0.1, 0.15) is 5.75 Å². The highest BCUT2D eigenvalue weighted by molar-refractivity contribution is 5.92. The third-order valence-corrected chi connectivity index (χ3v) is 4.42. The average Bonchev–Trinajstić information content (AvgIpc) is 2.58. The summed E-state index contributed by atoms with van der Waals surface area (Å²) in [5.74, 6) is 0.861. The van der Waals surface area contributed by atoms with Crippen LogP contribution in [0.3, 0.4) is 0 Å². The van der Waals surface area contributed by atoms with Gasteiger partial charge in [-0.2, -0.15) is 0 Å². The van der Waals surface area contributed by atoms with E-state index in [2.05, 4.69) is 15.5 Å². The third kappa shape index (κ3) is 6.33. The van der Waals surface area contributed by atoms with Crippen molar-refractivity contribution in [3.05, 3.63) is 24.3 Å². The fourth-order valence-corrected chi connectivity index (χ4v) is 2.84. The number of benzene rings is 1. The van der Waals surface area contributed by atoms with E-state index in [0.717, 1.165) is 37.4 Å². The average molecular weight is 361 g/mol. The summed E-state index contributed by atoms with van der Waals surface area (Å²) in [6, 6.07) is 7.59. The van der Waals surface area contributed by atoms with Gasteiger partial charge in [-0.3, -0.25) is 14.5 Å². The first-order valence-electron chi connectivity index (χ1n) is 9.34. The lowest BCUT2D eigenvalue weighted by molar-refractivity contribution is -0.129. The highest BCUT2D eigenvalue weighted by Gasteiger charge is 2.27. The van der Waals surface area contributed by atoms with Crippen LogP contribution < -0.4 is 15.4 Å². The number of hydrogen-bond donors (Lipinski definition) is 2. The Bertz CT molecular complexity index is 600. The largest absolute Gasteiger partial charge is 0.494 e. The summed E-state index contributed by atoms with van der Waals surface area (Å²) < 4.78 is 5.39. The second kappa shape index (κ2) is 9.03. The molecule has 0 radical (unpaired) electrons. The number of ether oxygens (including phenoxy) is 1. The van der Waals surface area contributed by atoms with Crippen LogP contribution in [-0.4, -0.2) is 49.0 Å². The van der Waals surface area contributed by atoms with E-state index < -0.39 is 0 Å². The molecule has 2 rings (SSSR count). The van der Waals surface area contributed by atoms with Gasteiger partial charge in [-0.1, -0.05) is 20.8 Å². The molecule has 1 saturated heterocycles. The molecule has 26 heavy (non-hydrogen) atoms. The molecule has 1 fully saturated rings. The van der Waals surface area contributed by atoms with E-state index in [1.807, 2.05) is 52.0 Å². The van der Waals surface area contributed by atoms with Gasteiger partial charge in [-0.15, -0.1) is 0 Å². The first-order chi connectivity index (χ1) is 12.3. The van der Waals surface area contributed by atoms with Crippen molar-refractivity contribution in [2.24, 2.45) is 5.41 Å². The lowest BCUT2D eigenvalue weighted by Gasteiger charge is -2.33. The van der Waals surface area contributed by atoms with Gasteiger partial charge in [0.15, 0.2) is 0 Å². The highest BCUT2D eigenvalue weighted by atomic mass is 16.5. The predicted octanol–water partition coefficient (Wildman–Crippen LogP) is 2.65. The molecule has 1 aromatic carbocycles. The molecule has 0 bridgehead atoms. The third-order valence-electron chi connectivity index (χ3n) is 4.42. The van der Waals surface area contributed by atoms with Crippen LogP contribution in [0.5, 0.6) is 5.75 Å². The first kappa shape index (κ1) is 20.2. The summed E-state index contributed by atoms with van der Waals surface area (Å²) in [7, 11) is 0. The van der Waals surface area contributed by atoms with E-state index in [1.165, 1.54) is 0 Å². The number of amides is 2. The summed E-state index contributed by atoms with van der Waals surface area (Å²) in [6.07, 6.45) is 1.75. The van der Waals surface area contributed by atoms with Gasteiger partial charge in [-0.25, -0.2) is 0 Å². The topological polar surface area (TPSA) is 70.7 Å². The van der Waals surface area contributed by atoms with Crippen LogP contribution >= 0.6 is 0 Å². The molecule has 6 heteroatoms. The molecule has 144 valence electrons. The van der Waals surface area contributed by atoms with E-state index in [9.17, 15) is 9.59 Å². The van der Waals surface area contributed by atoms with Crippen LogP contribution in [0.15, 0.2) is 24.3 Å². The number of rotatable bonds is 6. The normalized spacial score (nSPS) is 16.2. The Morgan fingerprint density at radius 1 is 1.15 bits per heavy atom. The van der Waals surface area contributed by atoms with Crippen molar-refractivity contribution < 1.29 is 14.3 Å². The molecule has 0 saturated carbocycles. The van der Waals surface area contributed by atoms with Crippen molar-refractivity contribution in [3.8, 4) is 5.75 Å². The maximum absolute atomic E-state index is 12.2. The van der Waals surface area contributed by atoms with Crippen molar-refractivity contribution in [2.75, 3.05) is 31.6 Å². The van der Waals surface area contributed by atoms with Crippen molar-refractivity contribution in [1.29, 1.82) is 0 Å². The van der Waals surface area contributed by atoms with E-state index in [1.54, 1.807) is 0 Å². The van der Waals surface area contributed by atoms with E-state index in [0.29, 0.717) is 13.2 Å². The SMILES string of the molecule is CCOc1ccc(NC(=O)CN2CCC(NC(=O)C(C)(C)C)CC2)cc1. The second-order valence-corrected chi connectivity index (χ2v) is 7.78. The van der Waals surface area contributed by atoms with Gasteiger partial charge in [0.05, 0.1) is 13.2 Å². The van der Waals surface area contributed by atoms with Crippen molar-refractivity contribution >= 4 is 17.5 Å². The van der Waals surface area contributed by atoms with Crippen LogP contribution in [0.25, 0.3) is 0 Å². The number of carbonyl (C=O) groups excluding carboxylic acids is 2. The molecular formula is C20H31N3O3.